The van der Waals surface area contributed by atoms with Crippen molar-refractivity contribution in [3.05, 3.63) is 35.4 Å². The van der Waals surface area contributed by atoms with Gasteiger partial charge in [-0.05, 0) is 24.6 Å². The van der Waals surface area contributed by atoms with E-state index in [9.17, 15) is 4.79 Å². The summed E-state index contributed by atoms with van der Waals surface area (Å²) in [6, 6.07) is 7.48. The first kappa shape index (κ1) is 11.7. The molecule has 82 valence electrons. The summed E-state index contributed by atoms with van der Waals surface area (Å²) in [5.41, 5.74) is 12.5. The minimum atomic E-state index is -0.0792. The molecule has 15 heavy (non-hydrogen) atoms. The molecule has 1 amide bonds. The summed E-state index contributed by atoms with van der Waals surface area (Å²) in [5.74, 6) is -0.0792. The van der Waals surface area contributed by atoms with Crippen LogP contribution in [0.3, 0.4) is 0 Å². The van der Waals surface area contributed by atoms with E-state index >= 15 is 0 Å². The number of carbonyl (C=O) groups is 1. The molecule has 0 aromatic heterocycles. The zero-order chi connectivity index (χ0) is 11.1. The van der Waals surface area contributed by atoms with Crippen LogP contribution in [0.5, 0.6) is 0 Å². The molecule has 0 saturated carbocycles. The van der Waals surface area contributed by atoms with Crippen LogP contribution in [0.2, 0.25) is 0 Å². The Kier molecular flexibility index (Phi) is 4.80. The molecule has 0 unspecified atom stereocenters. The Balaban J connectivity index is 2.77. The molecule has 0 saturated heterocycles. The van der Waals surface area contributed by atoms with Crippen LogP contribution in [-0.2, 0) is 6.42 Å². The summed E-state index contributed by atoms with van der Waals surface area (Å²) in [7, 11) is 0. The number of amides is 1. The van der Waals surface area contributed by atoms with Crippen LogP contribution in [0.15, 0.2) is 24.3 Å². The van der Waals surface area contributed by atoms with Crippen molar-refractivity contribution in [1.29, 1.82) is 0 Å². The highest BCUT2D eigenvalue weighted by Gasteiger charge is 2.08. The summed E-state index contributed by atoms with van der Waals surface area (Å²) < 4.78 is 0. The van der Waals surface area contributed by atoms with Gasteiger partial charge in [0.25, 0.3) is 5.91 Å². The van der Waals surface area contributed by atoms with Gasteiger partial charge in [-0.25, -0.2) is 0 Å². The third-order valence-corrected chi connectivity index (χ3v) is 2.11. The Morgan fingerprint density at radius 3 is 2.60 bits per heavy atom. The molecular weight excluding hydrogens is 190 g/mol. The summed E-state index contributed by atoms with van der Waals surface area (Å²) >= 11 is 0. The fourth-order valence-electron chi connectivity index (χ4n) is 1.40. The molecule has 0 bridgehead atoms. The van der Waals surface area contributed by atoms with E-state index in [0.29, 0.717) is 31.6 Å². The van der Waals surface area contributed by atoms with Crippen molar-refractivity contribution in [3.63, 3.8) is 0 Å². The summed E-state index contributed by atoms with van der Waals surface area (Å²) in [6.07, 6.45) is 0.715. The lowest BCUT2D eigenvalue weighted by Gasteiger charge is -2.08. The smallest absolute Gasteiger partial charge is 0.251 e. The molecule has 0 fully saturated rings. The van der Waals surface area contributed by atoms with Crippen molar-refractivity contribution in [2.45, 2.75) is 6.42 Å². The van der Waals surface area contributed by atoms with Crippen molar-refractivity contribution in [2.24, 2.45) is 11.5 Å². The Bertz CT molecular complexity index is 325. The monoisotopic (exact) mass is 207 g/mol. The zero-order valence-corrected chi connectivity index (χ0v) is 8.70. The fraction of sp³-hybridized carbons (Fsp3) is 0.364. The van der Waals surface area contributed by atoms with Crippen LogP contribution in [0, 0.1) is 0 Å². The predicted molar refractivity (Wildman–Crippen MR) is 60.6 cm³/mol. The van der Waals surface area contributed by atoms with Crippen molar-refractivity contribution in [3.8, 4) is 0 Å². The number of nitrogens with two attached hydrogens (primary N) is 2. The zero-order valence-electron chi connectivity index (χ0n) is 8.70. The van der Waals surface area contributed by atoms with Gasteiger partial charge in [0.05, 0.1) is 0 Å². The summed E-state index contributed by atoms with van der Waals surface area (Å²) in [5, 5.41) is 2.74. The molecule has 0 aliphatic rings. The first-order valence-corrected chi connectivity index (χ1v) is 5.06. The maximum Gasteiger partial charge on any atom is 0.251 e. The Hall–Kier alpha value is -1.39. The average molecular weight is 207 g/mol. The van der Waals surface area contributed by atoms with Crippen LogP contribution < -0.4 is 16.8 Å². The van der Waals surface area contributed by atoms with Gasteiger partial charge < -0.3 is 16.8 Å². The second-order valence-electron chi connectivity index (χ2n) is 3.24. The van der Waals surface area contributed by atoms with Crippen LogP contribution in [0.25, 0.3) is 0 Å². The number of benzene rings is 1. The van der Waals surface area contributed by atoms with Gasteiger partial charge in [-0.15, -0.1) is 0 Å². The SMILES string of the molecule is NCCNC(=O)c1ccccc1CCN. The van der Waals surface area contributed by atoms with Crippen molar-refractivity contribution >= 4 is 5.91 Å². The molecule has 0 aliphatic heterocycles. The molecule has 1 rings (SSSR count). The van der Waals surface area contributed by atoms with E-state index in [1.165, 1.54) is 0 Å². The van der Waals surface area contributed by atoms with Crippen LogP contribution in [-0.4, -0.2) is 25.5 Å². The number of carbonyl (C=O) groups excluding carboxylic acids is 1. The third-order valence-electron chi connectivity index (χ3n) is 2.11. The number of nitrogens with one attached hydrogen (secondary N) is 1. The lowest BCUT2D eigenvalue weighted by molar-refractivity contribution is 0.0954. The minimum absolute atomic E-state index is 0.0792. The van der Waals surface area contributed by atoms with Gasteiger partial charge in [0.1, 0.15) is 0 Å². The highest BCUT2D eigenvalue weighted by molar-refractivity contribution is 5.95. The van der Waals surface area contributed by atoms with Crippen molar-refractivity contribution in [2.75, 3.05) is 19.6 Å². The fourth-order valence-corrected chi connectivity index (χ4v) is 1.40. The van der Waals surface area contributed by atoms with E-state index in [4.69, 9.17) is 11.5 Å². The van der Waals surface area contributed by atoms with Crippen molar-refractivity contribution in [1.82, 2.24) is 5.32 Å². The second kappa shape index (κ2) is 6.16. The highest BCUT2D eigenvalue weighted by atomic mass is 16.1. The molecule has 1 aromatic carbocycles. The quantitative estimate of drug-likeness (QED) is 0.629. The Labute approximate surface area is 89.6 Å². The molecule has 0 spiro atoms. The van der Waals surface area contributed by atoms with Crippen LogP contribution in [0.4, 0.5) is 0 Å². The van der Waals surface area contributed by atoms with E-state index in [-0.39, 0.29) is 5.91 Å². The number of rotatable bonds is 5. The highest BCUT2D eigenvalue weighted by Crippen LogP contribution is 2.08. The maximum atomic E-state index is 11.7. The van der Waals surface area contributed by atoms with E-state index in [0.717, 1.165) is 5.56 Å². The molecule has 0 heterocycles. The van der Waals surface area contributed by atoms with Gasteiger partial charge in [-0.3, -0.25) is 4.79 Å². The average Bonchev–Trinajstić information content (AvgIpc) is 2.27. The first-order chi connectivity index (χ1) is 7.29. The van der Waals surface area contributed by atoms with E-state index in [1.807, 2.05) is 18.2 Å². The molecule has 0 aliphatic carbocycles. The summed E-state index contributed by atoms with van der Waals surface area (Å²) in [6.45, 7) is 1.49. The number of hydrogen-bond donors (Lipinski definition) is 3. The minimum Gasteiger partial charge on any atom is -0.351 e. The molecule has 4 heteroatoms. The maximum absolute atomic E-state index is 11.7. The first-order valence-electron chi connectivity index (χ1n) is 5.06. The standard InChI is InChI=1S/C11H17N3O/c12-6-5-9-3-1-2-4-10(9)11(15)14-8-7-13/h1-4H,5-8,12-13H2,(H,14,15). The van der Waals surface area contributed by atoms with Gasteiger partial charge in [0.15, 0.2) is 0 Å². The van der Waals surface area contributed by atoms with E-state index in [2.05, 4.69) is 5.32 Å². The van der Waals surface area contributed by atoms with Crippen LogP contribution >= 0.6 is 0 Å². The predicted octanol–water partition coefficient (Wildman–Crippen LogP) is -0.124. The largest absolute Gasteiger partial charge is 0.351 e. The van der Waals surface area contributed by atoms with Crippen molar-refractivity contribution < 1.29 is 4.79 Å². The third kappa shape index (κ3) is 3.34. The van der Waals surface area contributed by atoms with E-state index < -0.39 is 0 Å². The molecule has 0 atom stereocenters. The molecule has 5 N–H and O–H groups in total. The second-order valence-corrected chi connectivity index (χ2v) is 3.24. The van der Waals surface area contributed by atoms with Crippen LogP contribution in [0.1, 0.15) is 15.9 Å². The molecule has 0 radical (unpaired) electrons. The van der Waals surface area contributed by atoms with Gasteiger partial charge in [0, 0.05) is 18.7 Å². The number of hydrogen-bond acceptors (Lipinski definition) is 3. The van der Waals surface area contributed by atoms with Gasteiger partial charge in [0.2, 0.25) is 0 Å². The Morgan fingerprint density at radius 1 is 1.20 bits per heavy atom. The molecule has 1 aromatic rings. The molecule has 4 nitrogen and oxygen atoms in total. The summed E-state index contributed by atoms with van der Waals surface area (Å²) in [4.78, 5) is 11.7. The lowest BCUT2D eigenvalue weighted by Crippen LogP contribution is -2.29. The van der Waals surface area contributed by atoms with Gasteiger partial charge >= 0.3 is 0 Å². The Morgan fingerprint density at radius 2 is 1.93 bits per heavy atom. The van der Waals surface area contributed by atoms with Gasteiger partial charge in [-0.2, -0.15) is 0 Å². The van der Waals surface area contributed by atoms with E-state index in [1.54, 1.807) is 6.07 Å². The van der Waals surface area contributed by atoms with Gasteiger partial charge in [-0.1, -0.05) is 18.2 Å². The molecular formula is C11H17N3O. The normalized spacial score (nSPS) is 10.0. The lowest BCUT2D eigenvalue weighted by atomic mass is 10.0. The topological polar surface area (TPSA) is 81.1 Å².